The fourth-order valence-electron chi connectivity index (χ4n) is 1.95. The largest absolute Gasteiger partial charge is 0.381 e. The van der Waals surface area contributed by atoms with E-state index in [0.717, 1.165) is 12.1 Å². The van der Waals surface area contributed by atoms with Crippen LogP contribution in [-0.2, 0) is 6.42 Å². The maximum atomic E-state index is 4.11. The van der Waals surface area contributed by atoms with Gasteiger partial charge in [-0.25, -0.2) is 0 Å². The van der Waals surface area contributed by atoms with Crippen LogP contribution in [0.1, 0.15) is 5.56 Å². The van der Waals surface area contributed by atoms with E-state index >= 15 is 0 Å². The summed E-state index contributed by atoms with van der Waals surface area (Å²) >= 11 is 0. The molecule has 0 heterocycles. The summed E-state index contributed by atoms with van der Waals surface area (Å²) < 4.78 is 0. The Morgan fingerprint density at radius 2 is 1.56 bits per heavy atom. The van der Waals surface area contributed by atoms with Gasteiger partial charge in [-0.1, -0.05) is 61.2 Å². The second-order valence-corrected chi connectivity index (χ2v) is 4.66. The molecule has 0 saturated heterocycles. The third kappa shape index (κ3) is 2.80. The Labute approximate surface area is 109 Å². The standard InChI is InChI=1S/C17H19N/c1-14(18(2)3)13-16-11-7-8-12-17(16)15-9-5-4-6-10-15/h4-12H,1,13H2,2-3H3. The van der Waals surface area contributed by atoms with Gasteiger partial charge in [0.25, 0.3) is 0 Å². The number of allylic oxidation sites excluding steroid dienone is 1. The quantitative estimate of drug-likeness (QED) is 0.777. The summed E-state index contributed by atoms with van der Waals surface area (Å²) in [6, 6.07) is 19.0. The summed E-state index contributed by atoms with van der Waals surface area (Å²) in [5, 5.41) is 0. The molecule has 0 aliphatic rings. The van der Waals surface area contributed by atoms with Crippen LogP contribution >= 0.6 is 0 Å². The van der Waals surface area contributed by atoms with Gasteiger partial charge in [0.1, 0.15) is 0 Å². The van der Waals surface area contributed by atoms with Gasteiger partial charge in [0, 0.05) is 26.2 Å². The van der Waals surface area contributed by atoms with Gasteiger partial charge >= 0.3 is 0 Å². The monoisotopic (exact) mass is 237 g/mol. The zero-order valence-electron chi connectivity index (χ0n) is 11.1. The lowest BCUT2D eigenvalue weighted by molar-refractivity contribution is 0.501. The fourth-order valence-corrected chi connectivity index (χ4v) is 1.95. The Morgan fingerprint density at radius 1 is 0.944 bits per heavy atom. The van der Waals surface area contributed by atoms with Crippen LogP contribution < -0.4 is 0 Å². The normalized spacial score (nSPS) is 10.1. The molecule has 0 bridgehead atoms. The third-order valence-electron chi connectivity index (χ3n) is 3.13. The Kier molecular flexibility index (Phi) is 3.83. The van der Waals surface area contributed by atoms with E-state index in [4.69, 9.17) is 0 Å². The van der Waals surface area contributed by atoms with Crippen molar-refractivity contribution < 1.29 is 0 Å². The highest BCUT2D eigenvalue weighted by Crippen LogP contribution is 2.25. The van der Waals surface area contributed by atoms with E-state index in [1.807, 2.05) is 20.2 Å². The average molecular weight is 237 g/mol. The maximum absolute atomic E-state index is 4.11. The molecule has 0 aliphatic carbocycles. The lowest BCUT2D eigenvalue weighted by atomic mass is 9.97. The van der Waals surface area contributed by atoms with Crippen molar-refractivity contribution in [3.8, 4) is 11.1 Å². The highest BCUT2D eigenvalue weighted by molar-refractivity contribution is 5.67. The fraction of sp³-hybridized carbons (Fsp3) is 0.176. The number of nitrogens with zero attached hydrogens (tertiary/aromatic N) is 1. The second kappa shape index (κ2) is 5.54. The molecular weight excluding hydrogens is 218 g/mol. The van der Waals surface area contributed by atoms with Gasteiger partial charge in [0.2, 0.25) is 0 Å². The molecule has 0 radical (unpaired) electrons. The summed E-state index contributed by atoms with van der Waals surface area (Å²) in [6.45, 7) is 4.11. The first kappa shape index (κ1) is 12.4. The van der Waals surface area contributed by atoms with E-state index in [-0.39, 0.29) is 0 Å². The molecule has 92 valence electrons. The predicted octanol–water partition coefficient (Wildman–Crippen LogP) is 3.97. The van der Waals surface area contributed by atoms with E-state index < -0.39 is 0 Å². The van der Waals surface area contributed by atoms with E-state index in [0.29, 0.717) is 0 Å². The number of likely N-dealkylation sites (N-methyl/N-ethyl adjacent to an activating group) is 1. The summed E-state index contributed by atoms with van der Waals surface area (Å²) in [6.07, 6.45) is 0.887. The third-order valence-corrected chi connectivity index (χ3v) is 3.13. The van der Waals surface area contributed by atoms with Crippen LogP contribution in [0, 0.1) is 0 Å². The van der Waals surface area contributed by atoms with Gasteiger partial charge in [-0.3, -0.25) is 0 Å². The summed E-state index contributed by atoms with van der Waals surface area (Å²) in [7, 11) is 4.07. The Morgan fingerprint density at radius 3 is 2.22 bits per heavy atom. The van der Waals surface area contributed by atoms with Gasteiger partial charge in [-0.2, -0.15) is 0 Å². The minimum absolute atomic E-state index is 0.887. The van der Waals surface area contributed by atoms with Crippen molar-refractivity contribution >= 4 is 0 Å². The minimum atomic E-state index is 0.887. The van der Waals surface area contributed by atoms with Crippen LogP contribution in [0.25, 0.3) is 11.1 Å². The van der Waals surface area contributed by atoms with Crippen molar-refractivity contribution in [1.29, 1.82) is 0 Å². The molecule has 0 saturated carbocycles. The van der Waals surface area contributed by atoms with Crippen molar-refractivity contribution in [3.63, 3.8) is 0 Å². The highest BCUT2D eigenvalue weighted by atomic mass is 15.1. The molecule has 2 rings (SSSR count). The molecule has 0 N–H and O–H groups in total. The molecule has 2 aromatic rings. The van der Waals surface area contributed by atoms with Crippen molar-refractivity contribution in [2.45, 2.75) is 6.42 Å². The van der Waals surface area contributed by atoms with E-state index in [9.17, 15) is 0 Å². The minimum Gasteiger partial charge on any atom is -0.381 e. The van der Waals surface area contributed by atoms with E-state index in [1.54, 1.807) is 0 Å². The highest BCUT2D eigenvalue weighted by Gasteiger charge is 2.06. The molecule has 0 aliphatic heterocycles. The summed E-state index contributed by atoms with van der Waals surface area (Å²) in [5.41, 5.74) is 5.00. The first-order chi connectivity index (χ1) is 8.68. The van der Waals surface area contributed by atoms with Crippen LogP contribution in [0.4, 0.5) is 0 Å². The van der Waals surface area contributed by atoms with Crippen molar-refractivity contribution in [2.75, 3.05) is 14.1 Å². The van der Waals surface area contributed by atoms with Crippen LogP contribution in [-0.4, -0.2) is 19.0 Å². The van der Waals surface area contributed by atoms with Gasteiger partial charge in [0.05, 0.1) is 0 Å². The van der Waals surface area contributed by atoms with Gasteiger partial charge in [0.15, 0.2) is 0 Å². The zero-order chi connectivity index (χ0) is 13.0. The molecule has 0 atom stereocenters. The molecular formula is C17H19N. The molecule has 18 heavy (non-hydrogen) atoms. The lowest BCUT2D eigenvalue weighted by Crippen LogP contribution is -2.12. The molecule has 0 unspecified atom stereocenters. The smallest absolute Gasteiger partial charge is 0.0125 e. The van der Waals surface area contributed by atoms with Gasteiger partial charge in [-0.15, -0.1) is 0 Å². The maximum Gasteiger partial charge on any atom is 0.0125 e. The Balaban J connectivity index is 2.35. The van der Waals surface area contributed by atoms with Crippen LogP contribution in [0.2, 0.25) is 0 Å². The van der Waals surface area contributed by atoms with Gasteiger partial charge < -0.3 is 4.90 Å². The summed E-state index contributed by atoms with van der Waals surface area (Å²) in [4.78, 5) is 2.07. The van der Waals surface area contributed by atoms with Crippen molar-refractivity contribution in [3.05, 3.63) is 72.4 Å². The van der Waals surface area contributed by atoms with E-state index in [1.165, 1.54) is 16.7 Å². The van der Waals surface area contributed by atoms with Crippen molar-refractivity contribution in [2.24, 2.45) is 0 Å². The van der Waals surface area contributed by atoms with Crippen LogP contribution in [0.3, 0.4) is 0 Å². The molecule has 2 aromatic carbocycles. The number of hydrogen-bond donors (Lipinski definition) is 0. The van der Waals surface area contributed by atoms with Crippen LogP contribution in [0.15, 0.2) is 66.9 Å². The SMILES string of the molecule is C=C(Cc1ccccc1-c1ccccc1)N(C)C. The molecule has 0 amide bonds. The van der Waals surface area contributed by atoms with Crippen molar-refractivity contribution in [1.82, 2.24) is 4.90 Å². The Bertz CT molecular complexity index is 526. The molecule has 0 aromatic heterocycles. The number of benzene rings is 2. The first-order valence-corrected chi connectivity index (χ1v) is 6.17. The van der Waals surface area contributed by atoms with E-state index in [2.05, 4.69) is 60.0 Å². The average Bonchev–Trinajstić information content (AvgIpc) is 2.40. The van der Waals surface area contributed by atoms with Crippen LogP contribution in [0.5, 0.6) is 0 Å². The molecule has 0 spiro atoms. The Hall–Kier alpha value is -2.02. The first-order valence-electron chi connectivity index (χ1n) is 6.17. The lowest BCUT2D eigenvalue weighted by Gasteiger charge is -2.17. The zero-order valence-corrected chi connectivity index (χ0v) is 11.1. The predicted molar refractivity (Wildman–Crippen MR) is 78.4 cm³/mol. The molecule has 1 nitrogen and oxygen atoms in total. The number of hydrogen-bond acceptors (Lipinski definition) is 1. The summed E-state index contributed by atoms with van der Waals surface area (Å²) in [5.74, 6) is 0. The number of rotatable bonds is 4. The molecule has 0 fully saturated rings. The molecule has 1 heteroatoms. The topological polar surface area (TPSA) is 3.24 Å². The second-order valence-electron chi connectivity index (χ2n) is 4.66. The van der Waals surface area contributed by atoms with Gasteiger partial charge in [-0.05, 0) is 16.7 Å².